The predicted molar refractivity (Wildman–Crippen MR) is 120 cm³/mol. The molecule has 0 radical (unpaired) electrons. The zero-order valence-electron chi connectivity index (χ0n) is 16.1. The quantitative estimate of drug-likeness (QED) is 0.339. The summed E-state index contributed by atoms with van der Waals surface area (Å²) in [4.78, 5) is 23.7. The van der Waals surface area contributed by atoms with Crippen molar-refractivity contribution in [1.29, 1.82) is 10.5 Å². The van der Waals surface area contributed by atoms with Crippen molar-refractivity contribution in [3.8, 4) is 23.5 Å². The molecule has 0 fully saturated rings. The van der Waals surface area contributed by atoms with Gasteiger partial charge in [-0.2, -0.15) is 10.5 Å². The summed E-state index contributed by atoms with van der Waals surface area (Å²) in [6, 6.07) is 19.6. The molecule has 3 rings (SSSR count). The number of carbonyl (C=O) groups excluding carboxylic acids is 1. The lowest BCUT2D eigenvalue weighted by atomic mass is 10.2. The largest absolute Gasteiger partial charge is 0.340 e. The summed E-state index contributed by atoms with van der Waals surface area (Å²) in [6.45, 7) is 0.651. The van der Waals surface area contributed by atoms with Crippen LogP contribution in [0.1, 0.15) is 12.8 Å². The second kappa shape index (κ2) is 10.7. The summed E-state index contributed by atoms with van der Waals surface area (Å²) >= 11 is 4.78. The molecule has 30 heavy (non-hydrogen) atoms. The molecule has 3 aromatic rings. The number of carbonyl (C=O) groups is 1. The van der Waals surface area contributed by atoms with Crippen molar-refractivity contribution < 1.29 is 4.79 Å². The van der Waals surface area contributed by atoms with Crippen LogP contribution in [0, 0.1) is 22.7 Å². The minimum atomic E-state index is -0.113. The molecule has 0 atom stereocenters. The van der Waals surface area contributed by atoms with E-state index in [0.717, 1.165) is 26.0 Å². The van der Waals surface area contributed by atoms with Gasteiger partial charge in [0.15, 0.2) is 5.82 Å². The number of aromatic nitrogens is 2. The van der Waals surface area contributed by atoms with E-state index in [1.54, 1.807) is 4.90 Å². The number of nitriles is 2. The van der Waals surface area contributed by atoms with Crippen molar-refractivity contribution >= 4 is 44.5 Å². The summed E-state index contributed by atoms with van der Waals surface area (Å²) < 4.78 is 0.974. The zero-order chi connectivity index (χ0) is 21.3. The molecule has 0 aliphatic carbocycles. The van der Waals surface area contributed by atoms with Gasteiger partial charge in [-0.15, -0.1) is 0 Å². The maximum Gasteiger partial charge on any atom is 0.233 e. The smallest absolute Gasteiger partial charge is 0.233 e. The van der Waals surface area contributed by atoms with Gasteiger partial charge in [0.05, 0.1) is 36.2 Å². The van der Waals surface area contributed by atoms with Gasteiger partial charge in [-0.25, -0.2) is 9.97 Å². The molecule has 8 heteroatoms. The number of fused-ring (bicyclic) bond motifs is 1. The number of amides is 1. The van der Waals surface area contributed by atoms with Crippen molar-refractivity contribution in [2.45, 2.75) is 17.9 Å². The van der Waals surface area contributed by atoms with E-state index >= 15 is 0 Å². The van der Waals surface area contributed by atoms with Gasteiger partial charge >= 0.3 is 0 Å². The molecule has 0 saturated carbocycles. The first kappa shape index (κ1) is 21.8. The van der Waals surface area contributed by atoms with Gasteiger partial charge in [-0.1, -0.05) is 58.0 Å². The van der Waals surface area contributed by atoms with Crippen LogP contribution in [-0.2, 0) is 4.79 Å². The molecule has 150 valence electrons. The van der Waals surface area contributed by atoms with Gasteiger partial charge in [0.1, 0.15) is 5.03 Å². The summed E-state index contributed by atoms with van der Waals surface area (Å²) in [5.41, 5.74) is 1.70. The Bertz CT molecular complexity index is 1100. The van der Waals surface area contributed by atoms with E-state index in [-0.39, 0.29) is 24.5 Å². The molecule has 0 aliphatic heterocycles. The van der Waals surface area contributed by atoms with Gasteiger partial charge in [-0.05, 0) is 18.2 Å². The van der Waals surface area contributed by atoms with Crippen LogP contribution < -0.4 is 0 Å². The molecule has 0 unspecified atom stereocenters. The van der Waals surface area contributed by atoms with Gasteiger partial charge in [0.25, 0.3) is 0 Å². The average molecular weight is 480 g/mol. The number of rotatable bonds is 8. The van der Waals surface area contributed by atoms with E-state index in [4.69, 9.17) is 15.5 Å². The highest BCUT2D eigenvalue weighted by Crippen LogP contribution is 2.29. The van der Waals surface area contributed by atoms with Gasteiger partial charge in [-0.3, -0.25) is 4.79 Å². The van der Waals surface area contributed by atoms with E-state index in [1.807, 2.05) is 60.7 Å². The Morgan fingerprint density at radius 2 is 1.67 bits per heavy atom. The Morgan fingerprint density at radius 3 is 2.33 bits per heavy atom. The first-order valence-electron chi connectivity index (χ1n) is 9.29. The Kier molecular flexibility index (Phi) is 7.78. The number of halogens is 1. The Labute approximate surface area is 187 Å². The van der Waals surface area contributed by atoms with Gasteiger partial charge < -0.3 is 4.90 Å². The van der Waals surface area contributed by atoms with Crippen molar-refractivity contribution in [3.63, 3.8) is 0 Å². The zero-order valence-corrected chi connectivity index (χ0v) is 18.5. The highest BCUT2D eigenvalue weighted by Gasteiger charge is 2.16. The molecular weight excluding hydrogens is 462 g/mol. The number of benzene rings is 2. The molecule has 6 nitrogen and oxygen atoms in total. The minimum Gasteiger partial charge on any atom is -0.340 e. The molecule has 0 N–H and O–H groups in total. The minimum absolute atomic E-state index is 0.113. The lowest BCUT2D eigenvalue weighted by Gasteiger charge is -2.20. The van der Waals surface area contributed by atoms with Crippen LogP contribution in [0.3, 0.4) is 0 Å². The lowest BCUT2D eigenvalue weighted by Crippen LogP contribution is -2.34. The topological polar surface area (TPSA) is 93.7 Å². The van der Waals surface area contributed by atoms with Crippen LogP contribution in [0.15, 0.2) is 58.0 Å². The lowest BCUT2D eigenvalue weighted by molar-refractivity contribution is -0.128. The second-order valence-electron chi connectivity index (χ2n) is 6.36. The summed E-state index contributed by atoms with van der Waals surface area (Å²) in [6.07, 6.45) is 0.484. The third kappa shape index (κ3) is 5.56. The first-order valence-corrected chi connectivity index (χ1v) is 11.1. The maximum atomic E-state index is 12.7. The molecule has 2 aromatic carbocycles. The van der Waals surface area contributed by atoms with E-state index < -0.39 is 0 Å². The molecule has 0 bridgehead atoms. The Hall–Kier alpha value is -2.94. The van der Waals surface area contributed by atoms with Crippen molar-refractivity contribution in [2.75, 3.05) is 18.8 Å². The normalized spacial score (nSPS) is 10.4. The highest BCUT2D eigenvalue weighted by atomic mass is 79.9. The molecule has 0 saturated heterocycles. The standard InChI is InChI=1S/C22H18BrN5OS/c23-17-9-7-16(8-10-17)21-26-19-6-2-1-5-18(19)22(27-21)30-15-20(29)28(13-3-11-24)14-4-12-25/h1-2,5-10H,3-4,13-15H2. The van der Waals surface area contributed by atoms with E-state index in [1.165, 1.54) is 11.8 Å². The highest BCUT2D eigenvalue weighted by molar-refractivity contribution is 9.10. The maximum absolute atomic E-state index is 12.7. The van der Waals surface area contributed by atoms with Gasteiger partial charge in [0, 0.05) is 28.5 Å². The van der Waals surface area contributed by atoms with Crippen LogP contribution in [0.25, 0.3) is 22.3 Å². The van der Waals surface area contributed by atoms with E-state index in [9.17, 15) is 4.79 Å². The first-order chi connectivity index (χ1) is 14.6. The van der Waals surface area contributed by atoms with Crippen molar-refractivity contribution in [2.24, 2.45) is 0 Å². The number of hydrogen-bond donors (Lipinski definition) is 0. The van der Waals surface area contributed by atoms with Crippen LogP contribution in [0.4, 0.5) is 0 Å². The Balaban J connectivity index is 1.85. The number of nitrogens with zero attached hydrogens (tertiary/aromatic N) is 5. The monoisotopic (exact) mass is 479 g/mol. The second-order valence-corrected chi connectivity index (χ2v) is 8.24. The fourth-order valence-electron chi connectivity index (χ4n) is 2.84. The van der Waals surface area contributed by atoms with Crippen molar-refractivity contribution in [1.82, 2.24) is 14.9 Å². The predicted octanol–water partition coefficient (Wildman–Crippen LogP) is 4.81. The SMILES string of the molecule is N#CCCN(CCC#N)C(=O)CSc1nc(-c2ccc(Br)cc2)nc2ccccc12. The fourth-order valence-corrected chi connectivity index (χ4v) is 4.02. The number of thioether (sulfide) groups is 1. The molecular formula is C22H18BrN5OS. The molecule has 0 aliphatic rings. The summed E-state index contributed by atoms with van der Waals surface area (Å²) in [5.74, 6) is 0.665. The van der Waals surface area contributed by atoms with Crippen LogP contribution >= 0.6 is 27.7 Å². The number of para-hydroxylation sites is 1. The average Bonchev–Trinajstić information content (AvgIpc) is 2.77. The molecule has 0 spiro atoms. The van der Waals surface area contributed by atoms with Crippen LogP contribution in [-0.4, -0.2) is 39.6 Å². The van der Waals surface area contributed by atoms with E-state index in [0.29, 0.717) is 18.9 Å². The fraction of sp³-hybridized carbons (Fsp3) is 0.227. The molecule has 1 heterocycles. The summed E-state index contributed by atoms with van der Waals surface area (Å²) in [7, 11) is 0. The van der Waals surface area contributed by atoms with Crippen LogP contribution in [0.2, 0.25) is 0 Å². The molecule has 1 amide bonds. The number of hydrogen-bond acceptors (Lipinski definition) is 6. The third-order valence-electron chi connectivity index (χ3n) is 4.34. The van der Waals surface area contributed by atoms with Crippen molar-refractivity contribution in [3.05, 3.63) is 53.0 Å². The van der Waals surface area contributed by atoms with Gasteiger partial charge in [0.2, 0.25) is 5.91 Å². The summed E-state index contributed by atoms with van der Waals surface area (Å²) in [5, 5.41) is 19.3. The van der Waals surface area contributed by atoms with E-state index in [2.05, 4.69) is 20.9 Å². The Morgan fingerprint density at radius 1 is 1.00 bits per heavy atom. The third-order valence-corrected chi connectivity index (χ3v) is 5.85. The molecule has 1 aromatic heterocycles. The van der Waals surface area contributed by atoms with Crippen LogP contribution in [0.5, 0.6) is 0 Å².